The summed E-state index contributed by atoms with van der Waals surface area (Å²) in [4.78, 5) is 20.7. The first-order valence-electron chi connectivity index (χ1n) is 7.26. The van der Waals surface area contributed by atoms with Crippen molar-refractivity contribution in [3.8, 4) is 0 Å². The molecule has 8 heteroatoms. The number of ketones is 1. The van der Waals surface area contributed by atoms with Crippen molar-refractivity contribution in [1.82, 2.24) is 5.32 Å². The summed E-state index contributed by atoms with van der Waals surface area (Å²) in [5.41, 5.74) is 0. The quantitative estimate of drug-likeness (QED) is 0.825. The highest BCUT2D eigenvalue weighted by Gasteiger charge is 2.40. The Morgan fingerprint density at radius 2 is 1.68 bits per heavy atom. The molecule has 1 saturated heterocycles. The molecule has 0 radical (unpaired) electrons. The number of carboxylic acid groups (broad SMARTS) is 1. The van der Waals surface area contributed by atoms with Crippen molar-refractivity contribution in [2.45, 2.75) is 39.0 Å². The Bertz CT molecular complexity index is 386. The Morgan fingerprint density at radius 1 is 1.23 bits per heavy atom. The number of carbonyl (C=O) groups excluding carboxylic acids is 1. The summed E-state index contributed by atoms with van der Waals surface area (Å²) in [5, 5.41) is 10.5. The first-order chi connectivity index (χ1) is 10.1. The summed E-state index contributed by atoms with van der Waals surface area (Å²) < 4.78 is 37.1. The summed E-state index contributed by atoms with van der Waals surface area (Å²) in [5.74, 6) is -0.664. The van der Waals surface area contributed by atoms with E-state index in [-0.39, 0.29) is 12.0 Å². The van der Waals surface area contributed by atoms with Gasteiger partial charge in [-0.25, -0.2) is 4.79 Å². The molecule has 1 aliphatic carbocycles. The highest BCUT2D eigenvalue weighted by molar-refractivity contribution is 5.82. The molecule has 5 nitrogen and oxygen atoms in total. The van der Waals surface area contributed by atoms with Crippen LogP contribution in [-0.4, -0.2) is 48.8 Å². The largest absolute Gasteiger partial charge is 0.490 e. The Morgan fingerprint density at radius 3 is 2.05 bits per heavy atom. The molecule has 0 aromatic heterocycles. The minimum Gasteiger partial charge on any atom is -0.475 e. The third-order valence-electron chi connectivity index (χ3n) is 3.91. The standard InChI is InChI=1S/C12H21NO2.C2HF3O2/c1-8(2)15-7-12(14)9-3-10-5-13-6-11(10)4-9;3-2(4,5)1(6)7/h8-11,13H,3-7H2,1-2H3;(H,6,7). The lowest BCUT2D eigenvalue weighted by Gasteiger charge is -2.12. The van der Waals surface area contributed by atoms with E-state index in [4.69, 9.17) is 14.6 Å². The molecule has 0 bridgehead atoms. The third kappa shape index (κ3) is 5.92. The van der Waals surface area contributed by atoms with Crippen molar-refractivity contribution in [3.05, 3.63) is 0 Å². The molecule has 2 rings (SSSR count). The minimum absolute atomic E-state index is 0.163. The molecule has 0 amide bonds. The number of ether oxygens (including phenoxy) is 1. The normalized spacial score (nSPS) is 27.3. The average Bonchev–Trinajstić information content (AvgIpc) is 2.95. The molecule has 2 atom stereocenters. The van der Waals surface area contributed by atoms with Crippen molar-refractivity contribution < 1.29 is 32.6 Å². The van der Waals surface area contributed by atoms with E-state index in [0.29, 0.717) is 12.4 Å². The van der Waals surface area contributed by atoms with Crippen LogP contribution >= 0.6 is 0 Å². The Kier molecular flexibility index (Phi) is 6.80. The van der Waals surface area contributed by atoms with Crippen LogP contribution in [0.15, 0.2) is 0 Å². The van der Waals surface area contributed by atoms with E-state index in [1.54, 1.807) is 0 Å². The zero-order valence-corrected chi connectivity index (χ0v) is 12.7. The molecular formula is C14H22F3NO4. The molecule has 2 fully saturated rings. The van der Waals surface area contributed by atoms with Gasteiger partial charge in [0.15, 0.2) is 5.78 Å². The number of nitrogens with one attached hydrogen (secondary N) is 1. The Hall–Kier alpha value is -1.15. The molecule has 2 aliphatic rings. The highest BCUT2D eigenvalue weighted by Crippen LogP contribution is 2.38. The van der Waals surface area contributed by atoms with Gasteiger partial charge in [-0.3, -0.25) is 4.79 Å². The summed E-state index contributed by atoms with van der Waals surface area (Å²) in [7, 11) is 0. The van der Waals surface area contributed by atoms with Gasteiger partial charge in [0, 0.05) is 5.92 Å². The lowest BCUT2D eigenvalue weighted by atomic mass is 10.0. The van der Waals surface area contributed by atoms with Crippen LogP contribution in [0.5, 0.6) is 0 Å². The molecular weight excluding hydrogens is 303 g/mol. The summed E-state index contributed by atoms with van der Waals surface area (Å²) in [6.07, 6.45) is -2.76. The Balaban J connectivity index is 0.000000295. The van der Waals surface area contributed by atoms with Gasteiger partial charge in [-0.15, -0.1) is 0 Å². The van der Waals surface area contributed by atoms with Gasteiger partial charge in [-0.1, -0.05) is 0 Å². The van der Waals surface area contributed by atoms with E-state index in [2.05, 4.69) is 5.32 Å². The molecule has 1 saturated carbocycles. The predicted octanol–water partition coefficient (Wildman–Crippen LogP) is 1.86. The fourth-order valence-electron chi connectivity index (χ4n) is 2.80. The molecule has 0 aromatic rings. The first-order valence-corrected chi connectivity index (χ1v) is 7.26. The minimum atomic E-state index is -5.08. The molecule has 1 aliphatic heterocycles. The van der Waals surface area contributed by atoms with Crippen LogP contribution in [0.2, 0.25) is 0 Å². The third-order valence-corrected chi connectivity index (χ3v) is 3.91. The summed E-state index contributed by atoms with van der Waals surface area (Å²) in [6, 6.07) is 0. The van der Waals surface area contributed by atoms with Crippen molar-refractivity contribution in [3.63, 3.8) is 0 Å². The SMILES string of the molecule is CC(C)OCC(=O)C1CC2CNCC2C1.O=C(O)C(F)(F)F. The fraction of sp³-hybridized carbons (Fsp3) is 0.857. The van der Waals surface area contributed by atoms with Crippen LogP contribution in [0.25, 0.3) is 0 Å². The van der Waals surface area contributed by atoms with Gasteiger partial charge in [-0.2, -0.15) is 13.2 Å². The van der Waals surface area contributed by atoms with E-state index in [1.807, 2.05) is 13.8 Å². The number of halogens is 3. The highest BCUT2D eigenvalue weighted by atomic mass is 19.4. The Labute approximate surface area is 127 Å². The van der Waals surface area contributed by atoms with Gasteiger partial charge in [0.25, 0.3) is 0 Å². The first kappa shape index (κ1) is 18.9. The zero-order chi connectivity index (χ0) is 16.9. The maximum absolute atomic E-state index is 11.8. The van der Waals surface area contributed by atoms with Crippen molar-refractivity contribution in [2.24, 2.45) is 17.8 Å². The second-order valence-corrected chi connectivity index (χ2v) is 5.98. The maximum Gasteiger partial charge on any atom is 0.490 e. The number of alkyl halides is 3. The number of carbonyl (C=O) groups is 2. The van der Waals surface area contributed by atoms with Crippen LogP contribution in [0.4, 0.5) is 13.2 Å². The number of fused-ring (bicyclic) bond motifs is 1. The molecule has 2 N–H and O–H groups in total. The number of aliphatic carboxylic acids is 1. The lowest BCUT2D eigenvalue weighted by Crippen LogP contribution is -2.22. The predicted molar refractivity (Wildman–Crippen MR) is 72.4 cm³/mol. The summed E-state index contributed by atoms with van der Waals surface area (Å²) in [6.45, 7) is 6.48. The van der Waals surface area contributed by atoms with E-state index in [0.717, 1.165) is 37.8 Å². The lowest BCUT2D eigenvalue weighted by molar-refractivity contribution is -0.192. The number of hydrogen-bond donors (Lipinski definition) is 2. The molecule has 22 heavy (non-hydrogen) atoms. The van der Waals surface area contributed by atoms with E-state index < -0.39 is 12.1 Å². The van der Waals surface area contributed by atoms with Gasteiger partial charge in [0.2, 0.25) is 0 Å². The summed E-state index contributed by atoms with van der Waals surface area (Å²) >= 11 is 0. The number of Topliss-reactive ketones (excluding diaryl/α,β-unsaturated/α-hetero) is 1. The molecule has 0 aromatic carbocycles. The second-order valence-electron chi connectivity index (χ2n) is 5.98. The zero-order valence-electron chi connectivity index (χ0n) is 12.7. The van der Waals surface area contributed by atoms with Crippen LogP contribution in [0.1, 0.15) is 26.7 Å². The smallest absolute Gasteiger partial charge is 0.475 e. The maximum atomic E-state index is 11.8. The number of carboxylic acids is 1. The topological polar surface area (TPSA) is 75.6 Å². The molecule has 128 valence electrons. The van der Waals surface area contributed by atoms with Gasteiger partial charge < -0.3 is 15.2 Å². The van der Waals surface area contributed by atoms with Crippen molar-refractivity contribution >= 4 is 11.8 Å². The molecule has 1 heterocycles. The van der Waals surface area contributed by atoms with Crippen LogP contribution in [0, 0.1) is 17.8 Å². The molecule has 0 spiro atoms. The van der Waals surface area contributed by atoms with Gasteiger partial charge in [0.05, 0.1) is 6.10 Å². The molecule has 2 unspecified atom stereocenters. The van der Waals surface area contributed by atoms with Crippen molar-refractivity contribution in [1.29, 1.82) is 0 Å². The number of hydrogen-bond acceptors (Lipinski definition) is 4. The van der Waals surface area contributed by atoms with Gasteiger partial charge in [0.1, 0.15) is 6.61 Å². The van der Waals surface area contributed by atoms with E-state index in [9.17, 15) is 18.0 Å². The monoisotopic (exact) mass is 325 g/mol. The fourth-order valence-corrected chi connectivity index (χ4v) is 2.80. The van der Waals surface area contributed by atoms with E-state index in [1.165, 1.54) is 0 Å². The van der Waals surface area contributed by atoms with Gasteiger partial charge in [-0.05, 0) is 51.6 Å². The van der Waals surface area contributed by atoms with E-state index >= 15 is 0 Å². The van der Waals surface area contributed by atoms with Crippen molar-refractivity contribution in [2.75, 3.05) is 19.7 Å². The average molecular weight is 325 g/mol. The number of rotatable bonds is 4. The van der Waals surface area contributed by atoms with Crippen LogP contribution < -0.4 is 5.32 Å². The second kappa shape index (κ2) is 7.92. The van der Waals surface area contributed by atoms with Crippen LogP contribution in [0.3, 0.4) is 0 Å². The van der Waals surface area contributed by atoms with Gasteiger partial charge >= 0.3 is 12.1 Å². The van der Waals surface area contributed by atoms with Crippen LogP contribution in [-0.2, 0) is 14.3 Å².